The van der Waals surface area contributed by atoms with Gasteiger partial charge in [-0.2, -0.15) is 0 Å². The third-order valence-electron chi connectivity index (χ3n) is 3.32. The fourth-order valence-electron chi connectivity index (χ4n) is 2.08. The lowest BCUT2D eigenvalue weighted by atomic mass is 10.2. The van der Waals surface area contributed by atoms with Crippen LogP contribution in [0.2, 0.25) is 0 Å². The van der Waals surface area contributed by atoms with Crippen LogP contribution >= 0.6 is 11.8 Å². The van der Waals surface area contributed by atoms with Gasteiger partial charge in [-0.25, -0.2) is 4.79 Å². The number of rotatable bonds is 9. The second-order valence-electron chi connectivity index (χ2n) is 5.06. The molecule has 2 N–H and O–H groups in total. The molecule has 1 aliphatic rings. The summed E-state index contributed by atoms with van der Waals surface area (Å²) in [5.41, 5.74) is 0.523. The van der Waals surface area contributed by atoms with Crippen molar-refractivity contribution in [1.29, 1.82) is 0 Å². The number of nitrogens with zero attached hydrogens (tertiary/aromatic N) is 1. The molecule has 1 atom stereocenters. The van der Waals surface area contributed by atoms with Crippen molar-refractivity contribution in [3.8, 4) is 11.5 Å². The third-order valence-corrected chi connectivity index (χ3v) is 4.35. The number of aliphatic carboxylic acids is 1. The molecule has 1 aromatic carbocycles. The molecule has 0 radical (unpaired) electrons. The normalized spacial score (nSPS) is 17.4. The van der Waals surface area contributed by atoms with Crippen LogP contribution in [-0.2, 0) is 14.3 Å². The number of carbonyl (C=O) groups is 1. The number of carboxylic acids is 1. The minimum absolute atomic E-state index is 0.0186. The van der Waals surface area contributed by atoms with Crippen molar-refractivity contribution < 1.29 is 29.2 Å². The molecule has 1 heterocycles. The Kier molecular flexibility index (Phi) is 7.36. The van der Waals surface area contributed by atoms with E-state index in [-0.39, 0.29) is 5.75 Å². The first-order valence-corrected chi connectivity index (χ1v) is 8.56. The number of benzene rings is 1. The first kappa shape index (κ1) is 18.6. The fraction of sp³-hybridized carbons (Fsp3) is 0.500. The Hall–Kier alpha value is -1.77. The molecule has 0 fully saturated rings. The van der Waals surface area contributed by atoms with Gasteiger partial charge in [-0.15, -0.1) is 11.8 Å². The molecule has 0 saturated carbocycles. The maximum absolute atomic E-state index is 11.1. The van der Waals surface area contributed by atoms with Crippen LogP contribution < -0.4 is 4.74 Å². The molecule has 132 valence electrons. The van der Waals surface area contributed by atoms with Crippen LogP contribution in [0.25, 0.3) is 0 Å². The van der Waals surface area contributed by atoms with Gasteiger partial charge in [0.2, 0.25) is 0 Å². The van der Waals surface area contributed by atoms with Crippen molar-refractivity contribution >= 4 is 22.8 Å². The number of ether oxygens (including phenoxy) is 3. The highest BCUT2D eigenvalue weighted by Gasteiger charge is 2.23. The molecule has 1 aliphatic heterocycles. The first-order valence-electron chi connectivity index (χ1n) is 7.58. The summed E-state index contributed by atoms with van der Waals surface area (Å²) in [5.74, 6) is 0.250. The summed E-state index contributed by atoms with van der Waals surface area (Å²) in [6, 6.07) is 4.16. The van der Waals surface area contributed by atoms with Gasteiger partial charge in [0.1, 0.15) is 29.2 Å². The minimum atomic E-state index is -0.944. The predicted octanol–water partition coefficient (Wildman–Crippen LogP) is 1.77. The Morgan fingerprint density at radius 3 is 2.83 bits per heavy atom. The molecule has 2 rings (SSSR count). The Bertz CT molecular complexity index is 592. The van der Waals surface area contributed by atoms with Crippen LogP contribution in [-0.4, -0.2) is 66.6 Å². The first-order chi connectivity index (χ1) is 11.6. The number of aliphatic imine (C=N–C) groups is 1. The van der Waals surface area contributed by atoms with Gasteiger partial charge in [0.25, 0.3) is 0 Å². The SMILES string of the molecule is COCCOCCOc1ccc(C2=N[C@@H](C(=O)O)CCS2)c(O)c1. The second kappa shape index (κ2) is 9.51. The van der Waals surface area contributed by atoms with Gasteiger partial charge in [0.15, 0.2) is 0 Å². The van der Waals surface area contributed by atoms with Crippen LogP contribution in [0.1, 0.15) is 12.0 Å². The molecule has 0 saturated heterocycles. The summed E-state index contributed by atoms with van der Waals surface area (Å²) in [4.78, 5) is 15.3. The van der Waals surface area contributed by atoms with Crippen LogP contribution in [0.4, 0.5) is 0 Å². The van der Waals surface area contributed by atoms with E-state index >= 15 is 0 Å². The Balaban J connectivity index is 1.93. The van der Waals surface area contributed by atoms with Crippen molar-refractivity contribution in [3.05, 3.63) is 23.8 Å². The van der Waals surface area contributed by atoms with Crippen molar-refractivity contribution in [1.82, 2.24) is 0 Å². The summed E-state index contributed by atoms with van der Waals surface area (Å²) in [6.07, 6.45) is 0.495. The lowest BCUT2D eigenvalue weighted by Gasteiger charge is -2.18. The van der Waals surface area contributed by atoms with Gasteiger partial charge in [-0.3, -0.25) is 4.99 Å². The van der Waals surface area contributed by atoms with Crippen LogP contribution in [0, 0.1) is 0 Å². The molecule has 0 amide bonds. The predicted molar refractivity (Wildman–Crippen MR) is 91.3 cm³/mol. The fourth-order valence-corrected chi connectivity index (χ4v) is 3.15. The summed E-state index contributed by atoms with van der Waals surface area (Å²) >= 11 is 1.44. The van der Waals surface area contributed by atoms with Gasteiger partial charge in [-0.05, 0) is 18.6 Å². The molecule has 24 heavy (non-hydrogen) atoms. The van der Waals surface area contributed by atoms with E-state index in [4.69, 9.17) is 19.3 Å². The Labute approximate surface area is 144 Å². The average Bonchev–Trinajstić information content (AvgIpc) is 2.58. The van der Waals surface area contributed by atoms with E-state index < -0.39 is 12.0 Å². The van der Waals surface area contributed by atoms with E-state index in [2.05, 4.69) is 4.99 Å². The zero-order chi connectivity index (χ0) is 17.4. The third kappa shape index (κ3) is 5.40. The number of hydrogen-bond donors (Lipinski definition) is 2. The van der Waals surface area contributed by atoms with E-state index in [0.29, 0.717) is 55.0 Å². The summed E-state index contributed by atoms with van der Waals surface area (Å²) in [6.45, 7) is 1.83. The van der Waals surface area contributed by atoms with Crippen molar-refractivity contribution in [2.24, 2.45) is 4.99 Å². The quantitative estimate of drug-likeness (QED) is 0.652. The molecule has 0 bridgehead atoms. The monoisotopic (exact) mass is 355 g/mol. The molecule has 0 unspecified atom stereocenters. The van der Waals surface area contributed by atoms with Crippen molar-refractivity contribution in [2.45, 2.75) is 12.5 Å². The smallest absolute Gasteiger partial charge is 0.328 e. The molecular formula is C16H21NO6S. The molecule has 1 aromatic rings. The van der Waals surface area contributed by atoms with Gasteiger partial charge >= 0.3 is 5.97 Å². The van der Waals surface area contributed by atoms with E-state index in [1.807, 2.05) is 0 Å². The number of hydrogen-bond acceptors (Lipinski definition) is 7. The largest absolute Gasteiger partial charge is 0.507 e. The number of methoxy groups -OCH3 is 1. The molecule has 8 heteroatoms. The Morgan fingerprint density at radius 1 is 1.33 bits per heavy atom. The summed E-state index contributed by atoms with van der Waals surface area (Å²) in [5, 5.41) is 19.8. The lowest BCUT2D eigenvalue weighted by molar-refractivity contribution is -0.138. The van der Waals surface area contributed by atoms with Gasteiger partial charge in [-0.1, -0.05) is 0 Å². The zero-order valence-electron chi connectivity index (χ0n) is 13.4. The Morgan fingerprint density at radius 2 is 2.12 bits per heavy atom. The topological polar surface area (TPSA) is 97.6 Å². The van der Waals surface area contributed by atoms with Crippen LogP contribution in [0.5, 0.6) is 11.5 Å². The second-order valence-corrected chi connectivity index (χ2v) is 6.14. The molecular weight excluding hydrogens is 334 g/mol. The molecule has 0 aromatic heterocycles. The maximum Gasteiger partial charge on any atom is 0.328 e. The number of phenolic OH excluding ortho intramolecular Hbond substituents is 1. The summed E-state index contributed by atoms with van der Waals surface area (Å²) < 4.78 is 15.7. The molecule has 7 nitrogen and oxygen atoms in total. The highest BCUT2D eigenvalue weighted by atomic mass is 32.2. The van der Waals surface area contributed by atoms with Crippen LogP contribution in [0.15, 0.2) is 23.2 Å². The highest BCUT2D eigenvalue weighted by molar-refractivity contribution is 8.14. The maximum atomic E-state index is 11.1. The van der Waals surface area contributed by atoms with Crippen molar-refractivity contribution in [2.75, 3.05) is 39.3 Å². The number of carboxylic acid groups (broad SMARTS) is 1. The van der Waals surface area contributed by atoms with E-state index in [1.54, 1.807) is 19.2 Å². The van der Waals surface area contributed by atoms with Crippen LogP contribution in [0.3, 0.4) is 0 Å². The van der Waals surface area contributed by atoms with Crippen molar-refractivity contribution in [3.63, 3.8) is 0 Å². The standard InChI is InChI=1S/C16H21NO6S/c1-21-5-6-22-7-8-23-11-2-3-12(14(18)10-11)15-17-13(16(19)20)4-9-24-15/h2-3,10,13,18H,4-9H2,1H3,(H,19,20)/t13-/m1/s1. The number of thioether (sulfide) groups is 1. The van der Waals surface area contributed by atoms with E-state index in [1.165, 1.54) is 17.8 Å². The average molecular weight is 355 g/mol. The minimum Gasteiger partial charge on any atom is -0.507 e. The summed E-state index contributed by atoms with van der Waals surface area (Å²) in [7, 11) is 1.61. The van der Waals surface area contributed by atoms with E-state index in [0.717, 1.165) is 0 Å². The molecule has 0 aliphatic carbocycles. The lowest BCUT2D eigenvalue weighted by Crippen LogP contribution is -2.24. The zero-order valence-corrected chi connectivity index (χ0v) is 14.3. The van der Waals surface area contributed by atoms with Gasteiger partial charge in [0, 0.05) is 24.5 Å². The highest BCUT2D eigenvalue weighted by Crippen LogP contribution is 2.30. The van der Waals surface area contributed by atoms with Gasteiger partial charge < -0.3 is 24.4 Å². The number of phenols is 1. The van der Waals surface area contributed by atoms with E-state index in [9.17, 15) is 9.90 Å². The molecule has 0 spiro atoms. The van der Waals surface area contributed by atoms with Gasteiger partial charge in [0.05, 0.1) is 19.8 Å². The number of aromatic hydroxyl groups is 1.